The van der Waals surface area contributed by atoms with Crippen LogP contribution in [0.5, 0.6) is 0 Å². The van der Waals surface area contributed by atoms with Crippen LogP contribution in [0.25, 0.3) is 0 Å². The Kier molecular flexibility index (Phi) is 3.95. The molecule has 1 fully saturated rings. The summed E-state index contributed by atoms with van der Waals surface area (Å²) in [5, 5.41) is 0. The molecule has 1 saturated carbocycles. The summed E-state index contributed by atoms with van der Waals surface area (Å²) in [7, 11) is 0. The van der Waals surface area contributed by atoms with Crippen molar-refractivity contribution in [2.45, 2.75) is 51.4 Å². The Hall–Kier alpha value is -1.03. The van der Waals surface area contributed by atoms with Gasteiger partial charge in [0.1, 0.15) is 4.88 Å². The highest BCUT2D eigenvalue weighted by atomic mass is 32.1. The molecular weight excluding hydrogens is 246 g/mol. The predicted octanol–water partition coefficient (Wildman–Crippen LogP) is 3.73. The van der Waals surface area contributed by atoms with Crippen LogP contribution in [0.2, 0.25) is 0 Å². The van der Waals surface area contributed by atoms with E-state index in [-0.39, 0.29) is 11.4 Å². The molecule has 1 aliphatic carbocycles. The van der Waals surface area contributed by atoms with Crippen molar-refractivity contribution < 1.29 is 9.53 Å². The molecule has 4 heteroatoms. The molecule has 1 aromatic rings. The van der Waals surface area contributed by atoms with Crippen LogP contribution in [0.15, 0.2) is 6.07 Å². The second-order valence-electron chi connectivity index (χ2n) is 4.96. The first-order valence-corrected chi connectivity index (χ1v) is 7.51. The largest absolute Gasteiger partial charge is 0.462 e. The molecule has 2 rings (SSSR count). The van der Waals surface area contributed by atoms with Gasteiger partial charge in [0.05, 0.1) is 12.3 Å². The Labute approximate surface area is 112 Å². The number of carbonyl (C=O) groups excluding carboxylic acids is 1. The van der Waals surface area contributed by atoms with Crippen molar-refractivity contribution in [2.24, 2.45) is 0 Å². The zero-order valence-electron chi connectivity index (χ0n) is 11.1. The Bertz CT molecular complexity index is 433. The molecule has 18 heavy (non-hydrogen) atoms. The van der Waals surface area contributed by atoms with Gasteiger partial charge in [0.15, 0.2) is 0 Å². The van der Waals surface area contributed by atoms with E-state index in [0.717, 1.165) is 6.42 Å². The lowest BCUT2D eigenvalue weighted by molar-refractivity contribution is 0.0533. The lowest BCUT2D eigenvalue weighted by Gasteiger charge is -2.25. The average Bonchev–Trinajstić information content (AvgIpc) is 2.96. The minimum absolute atomic E-state index is 0.254. The molecule has 0 radical (unpaired) electrons. The highest BCUT2D eigenvalue weighted by Gasteiger charge is 2.36. The molecule has 1 heterocycles. The van der Waals surface area contributed by atoms with Gasteiger partial charge in [-0.3, -0.25) is 0 Å². The first kappa shape index (κ1) is 13.4. The van der Waals surface area contributed by atoms with Crippen LogP contribution in [0.3, 0.4) is 0 Å². The maximum atomic E-state index is 11.8. The van der Waals surface area contributed by atoms with E-state index in [1.54, 1.807) is 0 Å². The summed E-state index contributed by atoms with van der Waals surface area (Å²) in [6.45, 7) is 4.43. The maximum Gasteiger partial charge on any atom is 0.350 e. The van der Waals surface area contributed by atoms with Crippen LogP contribution < -0.4 is 5.73 Å². The molecule has 0 amide bonds. The van der Waals surface area contributed by atoms with Gasteiger partial charge in [0.2, 0.25) is 0 Å². The van der Waals surface area contributed by atoms with Gasteiger partial charge in [0, 0.05) is 10.3 Å². The normalized spacial score (nSPS) is 17.9. The molecule has 100 valence electrons. The van der Waals surface area contributed by atoms with E-state index in [1.807, 2.05) is 13.0 Å². The minimum atomic E-state index is -0.282. The van der Waals surface area contributed by atoms with Gasteiger partial charge < -0.3 is 10.5 Å². The van der Waals surface area contributed by atoms with Crippen molar-refractivity contribution in [3.63, 3.8) is 0 Å². The van der Waals surface area contributed by atoms with Crippen molar-refractivity contribution in [1.82, 2.24) is 0 Å². The number of nitrogen functional groups attached to an aromatic ring is 1. The molecule has 1 aliphatic rings. The van der Waals surface area contributed by atoms with E-state index in [0.29, 0.717) is 17.2 Å². The predicted molar refractivity (Wildman–Crippen MR) is 75.1 cm³/mol. The number of esters is 1. The molecular formula is C14H21NO2S. The second kappa shape index (κ2) is 5.31. The highest BCUT2D eigenvalue weighted by Crippen LogP contribution is 2.47. The summed E-state index contributed by atoms with van der Waals surface area (Å²) in [5.41, 5.74) is 6.79. The Morgan fingerprint density at radius 3 is 2.67 bits per heavy atom. The van der Waals surface area contributed by atoms with E-state index >= 15 is 0 Å². The van der Waals surface area contributed by atoms with Gasteiger partial charge in [-0.1, -0.05) is 19.8 Å². The molecule has 0 saturated heterocycles. The van der Waals surface area contributed by atoms with Crippen LogP contribution in [0, 0.1) is 0 Å². The molecule has 0 aromatic carbocycles. The SMILES string of the molecule is CCOC(=O)c1sc(C2(CC)CCCC2)cc1N. The van der Waals surface area contributed by atoms with E-state index in [9.17, 15) is 4.79 Å². The smallest absolute Gasteiger partial charge is 0.350 e. The number of hydrogen-bond donors (Lipinski definition) is 1. The molecule has 0 atom stereocenters. The van der Waals surface area contributed by atoms with Crippen LogP contribution in [0.1, 0.15) is 60.5 Å². The van der Waals surface area contributed by atoms with Crippen molar-refractivity contribution >= 4 is 23.0 Å². The van der Waals surface area contributed by atoms with Gasteiger partial charge in [-0.25, -0.2) is 4.79 Å². The second-order valence-corrected chi connectivity index (χ2v) is 6.01. The fourth-order valence-electron chi connectivity index (χ4n) is 2.85. The summed E-state index contributed by atoms with van der Waals surface area (Å²) in [5.74, 6) is -0.282. The van der Waals surface area contributed by atoms with Crippen molar-refractivity contribution in [3.05, 3.63) is 15.8 Å². The number of nitrogens with two attached hydrogens (primary N) is 1. The minimum Gasteiger partial charge on any atom is -0.462 e. The molecule has 0 bridgehead atoms. The topological polar surface area (TPSA) is 52.3 Å². The average molecular weight is 267 g/mol. The van der Waals surface area contributed by atoms with Gasteiger partial charge in [-0.2, -0.15) is 0 Å². The Morgan fingerprint density at radius 1 is 1.44 bits per heavy atom. The van der Waals surface area contributed by atoms with E-state index < -0.39 is 0 Å². The van der Waals surface area contributed by atoms with Crippen molar-refractivity contribution in [2.75, 3.05) is 12.3 Å². The number of anilines is 1. The summed E-state index contributed by atoms with van der Waals surface area (Å²) in [4.78, 5) is 13.6. The lowest BCUT2D eigenvalue weighted by Crippen LogP contribution is -2.18. The molecule has 0 unspecified atom stereocenters. The number of thiophene rings is 1. The fourth-order valence-corrected chi connectivity index (χ4v) is 4.14. The first-order chi connectivity index (χ1) is 8.63. The molecule has 0 spiro atoms. The number of hydrogen-bond acceptors (Lipinski definition) is 4. The van der Waals surface area contributed by atoms with Gasteiger partial charge in [-0.15, -0.1) is 11.3 Å². The Balaban J connectivity index is 2.30. The summed E-state index contributed by atoms with van der Waals surface area (Å²) >= 11 is 1.53. The number of carbonyl (C=O) groups is 1. The third kappa shape index (κ3) is 2.26. The summed E-state index contributed by atoms with van der Waals surface area (Å²) in [6, 6.07) is 1.99. The van der Waals surface area contributed by atoms with Crippen LogP contribution in [-0.2, 0) is 10.2 Å². The van der Waals surface area contributed by atoms with Crippen molar-refractivity contribution in [3.8, 4) is 0 Å². The van der Waals surface area contributed by atoms with Gasteiger partial charge >= 0.3 is 5.97 Å². The number of ether oxygens (including phenoxy) is 1. The summed E-state index contributed by atoms with van der Waals surface area (Å²) in [6.07, 6.45) is 6.10. The van der Waals surface area contributed by atoms with Gasteiger partial charge in [-0.05, 0) is 32.3 Å². The molecule has 1 aromatic heterocycles. The first-order valence-electron chi connectivity index (χ1n) is 6.70. The lowest BCUT2D eigenvalue weighted by atomic mass is 9.82. The van der Waals surface area contributed by atoms with E-state index in [1.165, 1.54) is 41.9 Å². The van der Waals surface area contributed by atoms with E-state index in [2.05, 4.69) is 6.92 Å². The van der Waals surface area contributed by atoms with Crippen LogP contribution >= 0.6 is 11.3 Å². The highest BCUT2D eigenvalue weighted by molar-refractivity contribution is 7.14. The van der Waals surface area contributed by atoms with Crippen LogP contribution in [0.4, 0.5) is 5.69 Å². The monoisotopic (exact) mass is 267 g/mol. The molecule has 3 nitrogen and oxygen atoms in total. The maximum absolute atomic E-state index is 11.8. The van der Waals surface area contributed by atoms with Crippen LogP contribution in [-0.4, -0.2) is 12.6 Å². The standard InChI is InChI=1S/C14H21NO2S/c1-3-14(7-5-6-8-14)11-9-10(15)12(18-11)13(16)17-4-2/h9H,3-8,15H2,1-2H3. The summed E-state index contributed by atoms with van der Waals surface area (Å²) < 4.78 is 5.04. The fraction of sp³-hybridized carbons (Fsp3) is 0.643. The third-order valence-corrected chi connectivity index (χ3v) is 5.36. The zero-order valence-corrected chi connectivity index (χ0v) is 11.9. The van der Waals surface area contributed by atoms with E-state index in [4.69, 9.17) is 10.5 Å². The number of rotatable bonds is 4. The molecule has 0 aliphatic heterocycles. The van der Waals surface area contributed by atoms with Gasteiger partial charge in [0.25, 0.3) is 0 Å². The molecule has 2 N–H and O–H groups in total. The zero-order chi connectivity index (χ0) is 13.2. The van der Waals surface area contributed by atoms with Crippen molar-refractivity contribution in [1.29, 1.82) is 0 Å². The third-order valence-electron chi connectivity index (χ3n) is 3.98. The Morgan fingerprint density at radius 2 is 2.11 bits per heavy atom. The quantitative estimate of drug-likeness (QED) is 0.846.